The topological polar surface area (TPSA) is 66.0 Å². The van der Waals surface area contributed by atoms with Gasteiger partial charge in [-0.25, -0.2) is 0 Å². The van der Waals surface area contributed by atoms with Crippen molar-refractivity contribution in [2.75, 3.05) is 26.3 Å². The van der Waals surface area contributed by atoms with E-state index in [2.05, 4.69) is 0 Å². The predicted octanol–water partition coefficient (Wildman–Crippen LogP) is 1.98. The Labute approximate surface area is 145 Å². The number of benzene rings is 2. The first-order valence-corrected chi connectivity index (χ1v) is 8.37. The highest BCUT2D eigenvalue weighted by Gasteiger charge is 2.39. The molecule has 2 heterocycles. The smallest absolute Gasteiger partial charge is 0.270 e. The third-order valence-corrected chi connectivity index (χ3v) is 4.68. The Balaban J connectivity index is 1.76. The molecule has 0 spiro atoms. The van der Waals surface area contributed by atoms with Gasteiger partial charge in [0.15, 0.2) is 11.8 Å². The molecule has 0 radical (unpaired) electrons. The molecule has 0 aromatic heterocycles. The summed E-state index contributed by atoms with van der Waals surface area (Å²) in [6, 6.07) is 14.8. The van der Waals surface area contributed by atoms with Crippen molar-refractivity contribution < 1.29 is 19.3 Å². The van der Waals surface area contributed by atoms with E-state index >= 15 is 0 Å². The maximum atomic E-state index is 11.2. The van der Waals surface area contributed by atoms with Gasteiger partial charge in [0.05, 0.1) is 23.7 Å². The minimum absolute atomic E-state index is 0.0426. The maximum Gasteiger partial charge on any atom is 0.270 e. The number of fused-ring (bicyclic) bond motifs is 1. The van der Waals surface area contributed by atoms with Crippen LogP contribution in [0.3, 0.4) is 0 Å². The molecule has 2 aromatic rings. The molecule has 2 aliphatic rings. The van der Waals surface area contributed by atoms with Crippen LogP contribution in [0.15, 0.2) is 54.3 Å². The average Bonchev–Trinajstić information content (AvgIpc) is 3.00. The monoisotopic (exact) mass is 339 g/mol. The lowest BCUT2D eigenvalue weighted by Crippen LogP contribution is -3.14. The van der Waals surface area contributed by atoms with E-state index in [4.69, 9.17) is 9.47 Å². The van der Waals surface area contributed by atoms with Gasteiger partial charge in [0.2, 0.25) is 0 Å². The summed E-state index contributed by atoms with van der Waals surface area (Å²) in [5, 5.41) is 11.2. The molecule has 4 rings (SSSR count). The van der Waals surface area contributed by atoms with Crippen molar-refractivity contribution in [2.45, 2.75) is 6.04 Å². The van der Waals surface area contributed by atoms with Crippen molar-refractivity contribution >= 4 is 11.8 Å². The van der Waals surface area contributed by atoms with E-state index in [1.807, 2.05) is 36.4 Å². The van der Waals surface area contributed by atoms with E-state index in [0.29, 0.717) is 19.0 Å². The first-order valence-electron chi connectivity index (χ1n) is 8.37. The number of rotatable bonds is 3. The summed E-state index contributed by atoms with van der Waals surface area (Å²) < 4.78 is 11.6. The van der Waals surface area contributed by atoms with Gasteiger partial charge in [0, 0.05) is 12.1 Å². The molecule has 1 atom stereocenters. The number of hydrogen-bond acceptors (Lipinski definition) is 4. The van der Waals surface area contributed by atoms with Gasteiger partial charge in [-0.15, -0.1) is 0 Å². The summed E-state index contributed by atoms with van der Waals surface area (Å²) in [6.07, 6.45) is 2.03. The lowest BCUT2D eigenvalue weighted by molar-refractivity contribution is -0.933. The molecule has 2 aromatic carbocycles. The summed E-state index contributed by atoms with van der Waals surface area (Å²) >= 11 is 0. The molecule has 1 fully saturated rings. The largest absolute Gasteiger partial charge is 0.454 e. The van der Waals surface area contributed by atoms with Crippen LogP contribution in [0.25, 0.3) is 6.08 Å². The van der Waals surface area contributed by atoms with Crippen LogP contribution in [0, 0.1) is 10.1 Å². The fraction of sp³-hybridized carbons (Fsp3) is 0.263. The normalized spacial score (nSPS) is 21.8. The zero-order chi connectivity index (χ0) is 17.2. The fourth-order valence-corrected chi connectivity index (χ4v) is 3.48. The van der Waals surface area contributed by atoms with Crippen molar-refractivity contribution in [3.05, 3.63) is 75.5 Å². The Morgan fingerprint density at radius 3 is 2.60 bits per heavy atom. The lowest BCUT2D eigenvalue weighted by Gasteiger charge is -2.29. The van der Waals surface area contributed by atoms with Crippen molar-refractivity contribution in [3.8, 4) is 5.75 Å². The van der Waals surface area contributed by atoms with Crippen molar-refractivity contribution in [2.24, 2.45) is 0 Å². The highest BCUT2D eigenvalue weighted by molar-refractivity contribution is 5.59. The van der Waals surface area contributed by atoms with Crippen LogP contribution in [-0.4, -0.2) is 31.2 Å². The number of ether oxygens (including phenoxy) is 2. The zero-order valence-corrected chi connectivity index (χ0v) is 13.7. The van der Waals surface area contributed by atoms with E-state index in [0.717, 1.165) is 30.0 Å². The Bertz CT molecular complexity index is 813. The van der Waals surface area contributed by atoms with Crippen molar-refractivity contribution in [1.82, 2.24) is 0 Å². The van der Waals surface area contributed by atoms with Gasteiger partial charge in [-0.05, 0) is 17.7 Å². The van der Waals surface area contributed by atoms with E-state index in [1.165, 1.54) is 11.0 Å². The SMILES string of the molecule is O=[N+]([O-])c1ccc2c(c1)C([NH+]1CCOCC1)C(=Cc1ccccc1)O2. The summed E-state index contributed by atoms with van der Waals surface area (Å²) in [4.78, 5) is 12.1. The van der Waals surface area contributed by atoms with Gasteiger partial charge in [0.25, 0.3) is 5.69 Å². The molecule has 1 unspecified atom stereocenters. The number of quaternary nitrogens is 1. The van der Waals surface area contributed by atoms with Gasteiger partial charge < -0.3 is 14.4 Å². The summed E-state index contributed by atoms with van der Waals surface area (Å²) in [5.74, 6) is 1.54. The molecule has 6 nitrogen and oxygen atoms in total. The second-order valence-corrected chi connectivity index (χ2v) is 6.24. The van der Waals surface area contributed by atoms with Crippen LogP contribution in [0.1, 0.15) is 17.2 Å². The van der Waals surface area contributed by atoms with Crippen LogP contribution in [0.4, 0.5) is 5.69 Å². The van der Waals surface area contributed by atoms with Crippen molar-refractivity contribution in [1.29, 1.82) is 0 Å². The molecule has 0 amide bonds. The van der Waals surface area contributed by atoms with Gasteiger partial charge in [-0.1, -0.05) is 30.3 Å². The third-order valence-electron chi connectivity index (χ3n) is 4.68. The van der Waals surface area contributed by atoms with Crippen LogP contribution >= 0.6 is 0 Å². The minimum Gasteiger partial charge on any atom is -0.454 e. The third kappa shape index (κ3) is 3.14. The number of nitrogens with zero attached hydrogens (tertiary/aromatic N) is 1. The minimum atomic E-state index is -0.356. The van der Waals surface area contributed by atoms with Crippen LogP contribution in [0.2, 0.25) is 0 Å². The first-order chi connectivity index (χ1) is 12.2. The molecule has 0 aliphatic carbocycles. The Kier molecular flexibility index (Phi) is 4.21. The van der Waals surface area contributed by atoms with E-state index < -0.39 is 0 Å². The standard InChI is InChI=1S/C19H18N2O4/c22-21(23)15-6-7-17-16(13-15)19(20-8-10-24-11-9-20)18(25-17)12-14-4-2-1-3-5-14/h1-7,12-13,19H,8-11H2/p+1. The molecular formula is C19H19N2O4+. The van der Waals surface area contributed by atoms with Gasteiger partial charge in [-0.3, -0.25) is 10.1 Å². The fourth-order valence-electron chi connectivity index (χ4n) is 3.48. The zero-order valence-electron chi connectivity index (χ0n) is 13.7. The first kappa shape index (κ1) is 15.8. The Hall–Kier alpha value is -2.70. The van der Waals surface area contributed by atoms with Crippen LogP contribution in [0.5, 0.6) is 5.75 Å². The van der Waals surface area contributed by atoms with E-state index in [-0.39, 0.29) is 16.7 Å². The van der Waals surface area contributed by atoms with E-state index in [9.17, 15) is 10.1 Å². The molecule has 0 saturated carbocycles. The van der Waals surface area contributed by atoms with Gasteiger partial charge in [-0.2, -0.15) is 0 Å². The number of non-ortho nitro benzene ring substituents is 1. The maximum absolute atomic E-state index is 11.2. The molecule has 6 heteroatoms. The highest BCUT2D eigenvalue weighted by atomic mass is 16.6. The van der Waals surface area contributed by atoms with E-state index in [1.54, 1.807) is 12.1 Å². The number of nitrogens with one attached hydrogen (secondary N) is 1. The predicted molar refractivity (Wildman–Crippen MR) is 92.4 cm³/mol. The molecule has 1 saturated heterocycles. The van der Waals surface area contributed by atoms with Crippen molar-refractivity contribution in [3.63, 3.8) is 0 Å². The van der Waals surface area contributed by atoms with Crippen LogP contribution < -0.4 is 9.64 Å². The number of hydrogen-bond donors (Lipinski definition) is 1. The molecule has 25 heavy (non-hydrogen) atoms. The summed E-state index contributed by atoms with van der Waals surface area (Å²) in [7, 11) is 0. The molecule has 2 aliphatic heterocycles. The molecular weight excluding hydrogens is 320 g/mol. The number of nitro groups is 1. The highest BCUT2D eigenvalue weighted by Crippen LogP contribution is 2.40. The number of morpholine rings is 1. The second-order valence-electron chi connectivity index (χ2n) is 6.24. The second kappa shape index (κ2) is 6.66. The lowest BCUT2D eigenvalue weighted by atomic mass is 10.0. The Morgan fingerprint density at radius 1 is 1.12 bits per heavy atom. The van der Waals surface area contributed by atoms with Gasteiger partial charge in [0.1, 0.15) is 18.8 Å². The molecule has 1 N–H and O–H groups in total. The quantitative estimate of drug-likeness (QED) is 0.686. The summed E-state index contributed by atoms with van der Waals surface area (Å²) in [5.41, 5.74) is 2.03. The van der Waals surface area contributed by atoms with Gasteiger partial charge >= 0.3 is 0 Å². The average molecular weight is 339 g/mol. The Morgan fingerprint density at radius 2 is 1.88 bits per heavy atom. The summed E-state index contributed by atoms with van der Waals surface area (Å²) in [6.45, 7) is 3.08. The number of nitro benzene ring substituents is 1. The molecule has 0 bridgehead atoms. The van der Waals surface area contributed by atoms with Crippen LogP contribution in [-0.2, 0) is 4.74 Å². The molecule has 128 valence electrons.